The molecular formula is C14H19ClO4. The lowest BCUT2D eigenvalue weighted by atomic mass is 10.1. The predicted octanol–water partition coefficient (Wildman–Crippen LogP) is 3.86. The third kappa shape index (κ3) is 4.63. The van der Waals surface area contributed by atoms with E-state index in [4.69, 9.17) is 26.2 Å². The molecule has 1 aromatic carbocycles. The Labute approximate surface area is 118 Å². The first-order valence-corrected chi connectivity index (χ1v) is 6.57. The van der Waals surface area contributed by atoms with Crippen molar-refractivity contribution in [3.63, 3.8) is 0 Å². The van der Waals surface area contributed by atoms with Gasteiger partial charge in [0.2, 0.25) is 0 Å². The predicted molar refractivity (Wildman–Crippen MR) is 74.5 cm³/mol. The van der Waals surface area contributed by atoms with E-state index in [0.29, 0.717) is 23.3 Å². The van der Waals surface area contributed by atoms with Crippen molar-refractivity contribution in [2.24, 2.45) is 5.92 Å². The van der Waals surface area contributed by atoms with Crippen LogP contribution in [0.5, 0.6) is 11.5 Å². The number of ether oxygens (including phenoxy) is 2. The van der Waals surface area contributed by atoms with E-state index >= 15 is 0 Å². The number of halogens is 1. The van der Waals surface area contributed by atoms with Crippen LogP contribution < -0.4 is 9.47 Å². The minimum Gasteiger partial charge on any atom is -0.493 e. The zero-order chi connectivity index (χ0) is 14.4. The van der Waals surface area contributed by atoms with E-state index in [0.717, 1.165) is 12.8 Å². The maximum Gasteiger partial charge on any atom is 0.339 e. The molecule has 106 valence electrons. The smallest absolute Gasteiger partial charge is 0.339 e. The molecule has 0 aliphatic carbocycles. The number of carboxylic acids is 1. The first-order valence-electron chi connectivity index (χ1n) is 6.19. The molecule has 0 radical (unpaired) electrons. The van der Waals surface area contributed by atoms with Crippen LogP contribution in [0.4, 0.5) is 0 Å². The van der Waals surface area contributed by atoms with Gasteiger partial charge >= 0.3 is 5.97 Å². The highest BCUT2D eigenvalue weighted by Crippen LogP contribution is 2.34. The largest absolute Gasteiger partial charge is 0.493 e. The fourth-order valence-corrected chi connectivity index (χ4v) is 1.90. The normalized spacial score (nSPS) is 10.6. The fourth-order valence-electron chi connectivity index (χ4n) is 1.69. The second-order valence-corrected chi connectivity index (χ2v) is 5.11. The monoisotopic (exact) mass is 286 g/mol. The molecule has 0 bridgehead atoms. The van der Waals surface area contributed by atoms with E-state index in [1.165, 1.54) is 13.2 Å². The highest BCUT2D eigenvalue weighted by atomic mass is 35.5. The lowest BCUT2D eigenvalue weighted by Crippen LogP contribution is -2.07. The molecule has 19 heavy (non-hydrogen) atoms. The highest BCUT2D eigenvalue weighted by Gasteiger charge is 2.18. The quantitative estimate of drug-likeness (QED) is 0.773. The highest BCUT2D eigenvalue weighted by molar-refractivity contribution is 6.31. The summed E-state index contributed by atoms with van der Waals surface area (Å²) in [5.74, 6) is 0.0897. The maximum atomic E-state index is 11.2. The Kier molecular flexibility index (Phi) is 5.96. The van der Waals surface area contributed by atoms with Gasteiger partial charge in [-0.25, -0.2) is 4.79 Å². The Morgan fingerprint density at radius 3 is 2.63 bits per heavy atom. The summed E-state index contributed by atoms with van der Waals surface area (Å²) in [6.07, 6.45) is 1.89. The van der Waals surface area contributed by atoms with Crippen molar-refractivity contribution in [3.05, 3.63) is 22.7 Å². The summed E-state index contributed by atoms with van der Waals surface area (Å²) in [5, 5.41) is 9.47. The number of hydrogen-bond acceptors (Lipinski definition) is 3. The minimum absolute atomic E-state index is 0.0221. The van der Waals surface area contributed by atoms with Gasteiger partial charge in [-0.05, 0) is 24.8 Å². The number of carboxylic acid groups (broad SMARTS) is 1. The molecule has 0 unspecified atom stereocenters. The first-order chi connectivity index (χ1) is 8.95. The molecule has 0 amide bonds. The molecule has 0 fully saturated rings. The maximum absolute atomic E-state index is 11.2. The number of benzene rings is 1. The number of hydrogen-bond donors (Lipinski definition) is 1. The Morgan fingerprint density at radius 1 is 1.42 bits per heavy atom. The van der Waals surface area contributed by atoms with Gasteiger partial charge in [0.25, 0.3) is 0 Å². The molecule has 0 saturated carbocycles. The van der Waals surface area contributed by atoms with E-state index in [9.17, 15) is 4.79 Å². The zero-order valence-corrected chi connectivity index (χ0v) is 12.2. The molecule has 5 heteroatoms. The lowest BCUT2D eigenvalue weighted by molar-refractivity contribution is 0.0691. The van der Waals surface area contributed by atoms with Crippen LogP contribution in [0.1, 0.15) is 37.0 Å². The molecule has 0 heterocycles. The summed E-state index contributed by atoms with van der Waals surface area (Å²) >= 11 is 5.85. The molecule has 0 atom stereocenters. The second kappa shape index (κ2) is 7.24. The number of rotatable bonds is 7. The van der Waals surface area contributed by atoms with E-state index in [1.54, 1.807) is 6.07 Å². The van der Waals surface area contributed by atoms with Crippen LogP contribution >= 0.6 is 11.6 Å². The average Bonchev–Trinajstić information content (AvgIpc) is 2.34. The van der Waals surface area contributed by atoms with E-state index < -0.39 is 5.97 Å². The standard InChI is InChI=1S/C14H19ClO4/c1-9(2)5-4-6-19-13-11(14(16)17)7-10(15)8-12(13)18-3/h7-9H,4-6H2,1-3H3,(H,16,17). The van der Waals surface area contributed by atoms with Gasteiger partial charge in [0.1, 0.15) is 5.56 Å². The minimum atomic E-state index is -1.08. The van der Waals surface area contributed by atoms with Gasteiger partial charge in [0.05, 0.1) is 13.7 Å². The van der Waals surface area contributed by atoms with Crippen LogP contribution in [0.15, 0.2) is 12.1 Å². The molecule has 1 N–H and O–H groups in total. The van der Waals surface area contributed by atoms with Gasteiger partial charge in [0.15, 0.2) is 11.5 Å². The first kappa shape index (κ1) is 15.6. The Balaban J connectivity index is 2.87. The zero-order valence-electron chi connectivity index (χ0n) is 11.4. The van der Waals surface area contributed by atoms with Crippen molar-refractivity contribution in [2.45, 2.75) is 26.7 Å². The van der Waals surface area contributed by atoms with E-state index in [-0.39, 0.29) is 11.3 Å². The molecular weight excluding hydrogens is 268 g/mol. The third-order valence-corrected chi connectivity index (χ3v) is 2.86. The molecule has 0 aromatic heterocycles. The lowest BCUT2D eigenvalue weighted by Gasteiger charge is -2.14. The van der Waals surface area contributed by atoms with Crippen LogP contribution in [0.3, 0.4) is 0 Å². The van der Waals surface area contributed by atoms with Crippen molar-refractivity contribution in [3.8, 4) is 11.5 Å². The Bertz CT molecular complexity index is 443. The SMILES string of the molecule is COc1cc(Cl)cc(C(=O)O)c1OCCCC(C)C. The summed E-state index contributed by atoms with van der Waals surface area (Å²) in [6.45, 7) is 4.72. The van der Waals surface area contributed by atoms with Crippen LogP contribution in [0, 0.1) is 5.92 Å². The van der Waals surface area contributed by atoms with Crippen molar-refractivity contribution >= 4 is 17.6 Å². The van der Waals surface area contributed by atoms with Gasteiger partial charge in [0, 0.05) is 11.1 Å². The molecule has 1 aromatic rings. The van der Waals surface area contributed by atoms with Gasteiger partial charge in [-0.2, -0.15) is 0 Å². The van der Waals surface area contributed by atoms with Crippen molar-refractivity contribution in [1.82, 2.24) is 0 Å². The summed E-state index contributed by atoms with van der Waals surface area (Å²) in [5.41, 5.74) is 0.0221. The number of methoxy groups -OCH3 is 1. The van der Waals surface area contributed by atoms with E-state index in [1.807, 2.05) is 0 Å². The Morgan fingerprint density at radius 2 is 2.11 bits per heavy atom. The van der Waals surface area contributed by atoms with Gasteiger partial charge in [-0.3, -0.25) is 0 Å². The van der Waals surface area contributed by atoms with E-state index in [2.05, 4.69) is 13.8 Å². The summed E-state index contributed by atoms with van der Waals surface area (Å²) < 4.78 is 10.7. The molecule has 0 spiro atoms. The molecule has 0 aliphatic rings. The van der Waals surface area contributed by atoms with Crippen LogP contribution in [-0.4, -0.2) is 24.8 Å². The van der Waals surface area contributed by atoms with Crippen LogP contribution in [-0.2, 0) is 0 Å². The fraction of sp³-hybridized carbons (Fsp3) is 0.500. The van der Waals surface area contributed by atoms with Crippen molar-refractivity contribution in [2.75, 3.05) is 13.7 Å². The topological polar surface area (TPSA) is 55.8 Å². The van der Waals surface area contributed by atoms with Gasteiger partial charge in [-0.1, -0.05) is 25.4 Å². The van der Waals surface area contributed by atoms with Crippen molar-refractivity contribution < 1.29 is 19.4 Å². The van der Waals surface area contributed by atoms with Gasteiger partial charge in [-0.15, -0.1) is 0 Å². The van der Waals surface area contributed by atoms with Crippen molar-refractivity contribution in [1.29, 1.82) is 0 Å². The molecule has 4 nitrogen and oxygen atoms in total. The van der Waals surface area contributed by atoms with Gasteiger partial charge < -0.3 is 14.6 Å². The van der Waals surface area contributed by atoms with Crippen LogP contribution in [0.25, 0.3) is 0 Å². The molecule has 0 aliphatic heterocycles. The average molecular weight is 287 g/mol. The van der Waals surface area contributed by atoms with Crippen LogP contribution in [0.2, 0.25) is 5.02 Å². The summed E-state index contributed by atoms with van der Waals surface area (Å²) in [4.78, 5) is 11.2. The number of aromatic carboxylic acids is 1. The molecule has 0 saturated heterocycles. The number of carbonyl (C=O) groups is 1. The summed E-state index contributed by atoms with van der Waals surface area (Å²) in [6, 6.07) is 2.91. The second-order valence-electron chi connectivity index (χ2n) is 4.67. The third-order valence-electron chi connectivity index (χ3n) is 2.64. The summed E-state index contributed by atoms with van der Waals surface area (Å²) in [7, 11) is 1.46. The molecule has 1 rings (SSSR count). The Hall–Kier alpha value is -1.42.